The van der Waals surface area contributed by atoms with Gasteiger partial charge in [0.05, 0.1) is 5.39 Å². The fraction of sp³-hybridized carbons (Fsp3) is 0.200. The highest BCUT2D eigenvalue weighted by Crippen LogP contribution is 2.31. The van der Waals surface area contributed by atoms with E-state index < -0.39 is 5.82 Å². The molecule has 0 bridgehead atoms. The Morgan fingerprint density at radius 3 is 3.10 bits per heavy atom. The lowest BCUT2D eigenvalue weighted by atomic mass is 10.1. The molecule has 106 valence electrons. The van der Waals surface area contributed by atoms with Gasteiger partial charge >= 0.3 is 0 Å². The van der Waals surface area contributed by atoms with Gasteiger partial charge in [-0.05, 0) is 42.5 Å². The first kappa shape index (κ1) is 12.1. The zero-order valence-electron chi connectivity index (χ0n) is 11.3. The Bertz CT molecular complexity index is 839. The summed E-state index contributed by atoms with van der Waals surface area (Å²) in [5.41, 5.74) is 9.63. The highest BCUT2D eigenvalue weighted by atomic mass is 19.1. The normalized spacial score (nSPS) is 13.6. The van der Waals surface area contributed by atoms with Gasteiger partial charge in [-0.3, -0.25) is 5.10 Å². The van der Waals surface area contributed by atoms with Crippen LogP contribution < -0.4 is 11.1 Å². The van der Waals surface area contributed by atoms with Crippen molar-refractivity contribution in [3.63, 3.8) is 0 Å². The Balaban J connectivity index is 1.78. The van der Waals surface area contributed by atoms with E-state index in [-0.39, 0.29) is 11.6 Å². The van der Waals surface area contributed by atoms with Crippen molar-refractivity contribution in [2.24, 2.45) is 0 Å². The second-order valence-electron chi connectivity index (χ2n) is 5.25. The van der Waals surface area contributed by atoms with Gasteiger partial charge in [0.1, 0.15) is 0 Å². The molecule has 21 heavy (non-hydrogen) atoms. The summed E-state index contributed by atoms with van der Waals surface area (Å²) in [5.74, 6) is 0.00111. The Kier molecular flexibility index (Phi) is 2.57. The summed E-state index contributed by atoms with van der Waals surface area (Å²) in [6, 6.07) is 7.41. The molecule has 3 aromatic rings. The number of aromatic nitrogens is 3. The zero-order valence-corrected chi connectivity index (χ0v) is 11.3. The fourth-order valence-corrected chi connectivity index (χ4v) is 2.89. The van der Waals surface area contributed by atoms with E-state index in [0.29, 0.717) is 11.0 Å². The zero-order chi connectivity index (χ0) is 14.4. The van der Waals surface area contributed by atoms with E-state index in [0.717, 1.165) is 24.9 Å². The van der Waals surface area contributed by atoms with Gasteiger partial charge in [0.2, 0.25) is 0 Å². The van der Waals surface area contributed by atoms with Crippen LogP contribution in [0, 0.1) is 5.82 Å². The summed E-state index contributed by atoms with van der Waals surface area (Å²) in [4.78, 5) is 4.23. The van der Waals surface area contributed by atoms with Crippen LogP contribution in [0.2, 0.25) is 0 Å². The van der Waals surface area contributed by atoms with Crippen molar-refractivity contribution < 1.29 is 4.39 Å². The number of anilines is 3. The SMILES string of the molecule is Nc1n[nH]c2nc(Nc3cccc4c3CCC4)c(F)cc12. The van der Waals surface area contributed by atoms with Crippen LogP contribution in [0.3, 0.4) is 0 Å². The topological polar surface area (TPSA) is 79.6 Å². The van der Waals surface area contributed by atoms with Gasteiger partial charge in [0.25, 0.3) is 0 Å². The summed E-state index contributed by atoms with van der Waals surface area (Å²) in [6.07, 6.45) is 3.23. The third-order valence-corrected chi connectivity index (χ3v) is 3.93. The number of hydrogen-bond acceptors (Lipinski definition) is 4. The molecule has 0 atom stereocenters. The van der Waals surface area contributed by atoms with Crippen LogP contribution in [0.15, 0.2) is 24.3 Å². The summed E-state index contributed by atoms with van der Waals surface area (Å²) in [5, 5.41) is 10.1. The molecule has 4 rings (SSSR count). The number of rotatable bonds is 2. The van der Waals surface area contributed by atoms with Gasteiger partial charge in [-0.1, -0.05) is 12.1 Å². The highest BCUT2D eigenvalue weighted by molar-refractivity contribution is 5.87. The van der Waals surface area contributed by atoms with Gasteiger partial charge in [-0.2, -0.15) is 5.10 Å². The molecular formula is C15H14FN5. The molecule has 2 heterocycles. The molecule has 0 amide bonds. The van der Waals surface area contributed by atoms with Crippen LogP contribution in [-0.2, 0) is 12.8 Å². The van der Waals surface area contributed by atoms with E-state index in [2.05, 4.69) is 26.6 Å². The molecule has 0 aliphatic heterocycles. The van der Waals surface area contributed by atoms with Crippen molar-refractivity contribution in [3.05, 3.63) is 41.2 Å². The van der Waals surface area contributed by atoms with Crippen LogP contribution in [-0.4, -0.2) is 15.2 Å². The second kappa shape index (κ2) is 4.44. The van der Waals surface area contributed by atoms with Gasteiger partial charge < -0.3 is 11.1 Å². The number of benzene rings is 1. The lowest BCUT2D eigenvalue weighted by molar-refractivity contribution is 0.629. The maximum atomic E-state index is 14.2. The molecule has 6 heteroatoms. The van der Waals surface area contributed by atoms with Crippen molar-refractivity contribution in [3.8, 4) is 0 Å². The molecule has 1 aliphatic rings. The van der Waals surface area contributed by atoms with Crippen molar-refractivity contribution in [1.82, 2.24) is 15.2 Å². The third kappa shape index (κ3) is 1.91. The minimum Gasteiger partial charge on any atom is -0.382 e. The lowest BCUT2D eigenvalue weighted by Crippen LogP contribution is -2.00. The minimum atomic E-state index is -0.439. The van der Waals surface area contributed by atoms with Crippen molar-refractivity contribution >= 4 is 28.4 Å². The van der Waals surface area contributed by atoms with Gasteiger partial charge in [0, 0.05) is 5.69 Å². The Labute approximate surface area is 120 Å². The number of nitrogens with zero attached hydrogens (tertiary/aromatic N) is 2. The number of pyridine rings is 1. The summed E-state index contributed by atoms with van der Waals surface area (Å²) >= 11 is 0. The van der Waals surface area contributed by atoms with E-state index >= 15 is 0 Å². The van der Waals surface area contributed by atoms with Crippen LogP contribution >= 0.6 is 0 Å². The molecule has 0 fully saturated rings. The molecule has 0 radical (unpaired) electrons. The Hall–Kier alpha value is -2.63. The van der Waals surface area contributed by atoms with E-state index in [9.17, 15) is 4.39 Å². The molecule has 1 aromatic carbocycles. The standard InChI is InChI=1S/C15H14FN5/c16-11-7-10-13(17)20-21-14(10)19-15(11)18-12-6-2-4-8-3-1-5-9(8)12/h2,4,6-7H,1,3,5H2,(H4,17,18,19,20,21). The quantitative estimate of drug-likeness (QED) is 0.675. The highest BCUT2D eigenvalue weighted by Gasteiger charge is 2.16. The maximum Gasteiger partial charge on any atom is 0.169 e. The number of nitrogens with two attached hydrogens (primary N) is 1. The third-order valence-electron chi connectivity index (χ3n) is 3.93. The molecule has 0 saturated carbocycles. The van der Waals surface area contributed by atoms with Crippen LogP contribution in [0.4, 0.5) is 21.7 Å². The van der Waals surface area contributed by atoms with Gasteiger partial charge in [0.15, 0.2) is 23.1 Å². The summed E-state index contributed by atoms with van der Waals surface area (Å²) in [7, 11) is 0. The first-order valence-electron chi connectivity index (χ1n) is 6.90. The molecule has 0 unspecified atom stereocenters. The van der Waals surface area contributed by atoms with Crippen molar-refractivity contribution in [1.29, 1.82) is 0 Å². The van der Waals surface area contributed by atoms with E-state index in [1.165, 1.54) is 17.2 Å². The van der Waals surface area contributed by atoms with Gasteiger partial charge in [-0.15, -0.1) is 0 Å². The van der Waals surface area contributed by atoms with E-state index in [4.69, 9.17) is 5.73 Å². The molecule has 4 N–H and O–H groups in total. The lowest BCUT2D eigenvalue weighted by Gasteiger charge is -2.11. The first-order chi connectivity index (χ1) is 10.2. The smallest absolute Gasteiger partial charge is 0.169 e. The minimum absolute atomic E-state index is 0.187. The largest absolute Gasteiger partial charge is 0.382 e. The number of hydrogen-bond donors (Lipinski definition) is 3. The molecular weight excluding hydrogens is 269 g/mol. The van der Waals surface area contributed by atoms with Crippen molar-refractivity contribution in [2.75, 3.05) is 11.1 Å². The number of halogens is 1. The number of aromatic amines is 1. The average molecular weight is 283 g/mol. The Morgan fingerprint density at radius 2 is 2.19 bits per heavy atom. The molecule has 0 spiro atoms. The summed E-state index contributed by atoms with van der Waals surface area (Å²) < 4.78 is 14.2. The monoisotopic (exact) mass is 283 g/mol. The van der Waals surface area contributed by atoms with Crippen LogP contribution in [0.5, 0.6) is 0 Å². The van der Waals surface area contributed by atoms with Crippen LogP contribution in [0.1, 0.15) is 17.5 Å². The second-order valence-corrected chi connectivity index (χ2v) is 5.25. The number of nitrogen functional groups attached to an aromatic ring is 1. The average Bonchev–Trinajstić information content (AvgIpc) is 3.08. The predicted molar refractivity (Wildman–Crippen MR) is 80.0 cm³/mol. The predicted octanol–water partition coefficient (Wildman–Crippen LogP) is 2.91. The Morgan fingerprint density at radius 1 is 1.29 bits per heavy atom. The van der Waals surface area contributed by atoms with Gasteiger partial charge in [-0.25, -0.2) is 9.37 Å². The van der Waals surface area contributed by atoms with Crippen molar-refractivity contribution in [2.45, 2.75) is 19.3 Å². The number of fused-ring (bicyclic) bond motifs is 2. The first-order valence-corrected chi connectivity index (χ1v) is 6.90. The van der Waals surface area contributed by atoms with Crippen LogP contribution in [0.25, 0.3) is 11.0 Å². The molecule has 5 nitrogen and oxygen atoms in total. The number of nitrogens with one attached hydrogen (secondary N) is 2. The molecule has 2 aromatic heterocycles. The molecule has 1 aliphatic carbocycles. The van der Waals surface area contributed by atoms with E-state index in [1.807, 2.05) is 12.1 Å². The van der Waals surface area contributed by atoms with E-state index in [1.54, 1.807) is 0 Å². The fourth-order valence-electron chi connectivity index (χ4n) is 2.89. The number of aryl methyl sites for hydroxylation is 1. The summed E-state index contributed by atoms with van der Waals surface area (Å²) in [6.45, 7) is 0. The maximum absolute atomic E-state index is 14.2. The number of H-pyrrole nitrogens is 1. The molecule has 0 saturated heterocycles.